The van der Waals surface area contributed by atoms with E-state index in [4.69, 9.17) is 0 Å². The van der Waals surface area contributed by atoms with Gasteiger partial charge in [0, 0.05) is 29.8 Å². The number of hydrogen-bond acceptors (Lipinski definition) is 5. The normalized spacial score (nSPS) is 31.7. The van der Waals surface area contributed by atoms with Crippen molar-refractivity contribution < 1.29 is 19.8 Å². The number of nitrogens with zero attached hydrogens (tertiary/aromatic N) is 1. The highest BCUT2D eigenvalue weighted by atomic mass is 16.3. The van der Waals surface area contributed by atoms with E-state index in [9.17, 15) is 19.8 Å². The molecule has 188 valence electrons. The second kappa shape index (κ2) is 8.85. The molecule has 7 heteroatoms. The number of fused-ring (bicyclic) bond motifs is 1. The van der Waals surface area contributed by atoms with Gasteiger partial charge in [-0.3, -0.25) is 9.78 Å². The smallest absolute Gasteiger partial charge is 0.319 e. The van der Waals surface area contributed by atoms with E-state index < -0.39 is 5.92 Å². The van der Waals surface area contributed by atoms with Crippen molar-refractivity contribution in [1.29, 1.82) is 0 Å². The van der Waals surface area contributed by atoms with E-state index in [0.717, 1.165) is 25.7 Å². The summed E-state index contributed by atoms with van der Waals surface area (Å²) in [5, 5.41) is 26.1. The molecule has 1 aromatic carbocycles. The molecule has 2 aliphatic rings. The molecule has 35 heavy (non-hydrogen) atoms. The first-order valence-electron chi connectivity index (χ1n) is 12.4. The predicted octanol–water partition coefficient (Wildman–Crippen LogP) is 5.74. The molecular formula is C28H37N3O4. The fourth-order valence-corrected chi connectivity index (χ4v) is 7.07. The van der Waals surface area contributed by atoms with Crippen LogP contribution in [0.2, 0.25) is 0 Å². The molecule has 0 saturated heterocycles. The Hall–Kier alpha value is -3.09. The Bertz CT molecular complexity index is 1100. The lowest BCUT2D eigenvalue weighted by Crippen LogP contribution is -2.66. The van der Waals surface area contributed by atoms with Crippen LogP contribution < -0.4 is 10.6 Å². The van der Waals surface area contributed by atoms with Crippen LogP contribution in [0.15, 0.2) is 42.7 Å². The first-order valence-corrected chi connectivity index (χ1v) is 12.4. The summed E-state index contributed by atoms with van der Waals surface area (Å²) in [6, 6.07) is 7.06. The number of hydrogen-bond donors (Lipinski definition) is 4. The summed E-state index contributed by atoms with van der Waals surface area (Å²) in [5.41, 5.74) is 0.317. The Morgan fingerprint density at radius 2 is 1.74 bits per heavy atom. The van der Waals surface area contributed by atoms with Crippen molar-refractivity contribution in [1.82, 2.24) is 10.3 Å². The summed E-state index contributed by atoms with van der Waals surface area (Å²) in [5.74, 6) is -0.933. The summed E-state index contributed by atoms with van der Waals surface area (Å²) < 4.78 is 0. The van der Waals surface area contributed by atoms with Crippen molar-refractivity contribution >= 4 is 17.5 Å². The van der Waals surface area contributed by atoms with Crippen molar-refractivity contribution in [2.24, 2.45) is 28.1 Å². The number of nitrogens with one attached hydrogen (secondary N) is 2. The van der Waals surface area contributed by atoms with Gasteiger partial charge in [0.2, 0.25) is 0 Å². The van der Waals surface area contributed by atoms with Crippen molar-refractivity contribution in [3.05, 3.63) is 48.3 Å². The third kappa shape index (κ3) is 4.26. The zero-order valence-corrected chi connectivity index (χ0v) is 21.3. The van der Waals surface area contributed by atoms with E-state index in [1.807, 2.05) is 6.92 Å². The second-order valence-electron chi connectivity index (χ2n) is 11.6. The highest BCUT2D eigenvalue weighted by Crippen LogP contribution is 2.69. The molecule has 2 saturated carbocycles. The van der Waals surface area contributed by atoms with Gasteiger partial charge in [0.25, 0.3) is 0 Å². The summed E-state index contributed by atoms with van der Waals surface area (Å²) in [6.45, 7) is 11.1. The van der Waals surface area contributed by atoms with Crippen molar-refractivity contribution in [3.63, 3.8) is 0 Å². The number of phenolic OH excluding ortho intramolecular Hbond substituents is 2. The first kappa shape index (κ1) is 25.0. The van der Waals surface area contributed by atoms with Crippen molar-refractivity contribution in [2.75, 3.05) is 5.32 Å². The highest BCUT2D eigenvalue weighted by molar-refractivity contribution is 5.99. The summed E-state index contributed by atoms with van der Waals surface area (Å²) in [7, 11) is 0. The first-order chi connectivity index (χ1) is 16.4. The van der Waals surface area contributed by atoms with Crippen LogP contribution in [0.25, 0.3) is 0 Å². The van der Waals surface area contributed by atoms with E-state index in [2.05, 4.69) is 43.3 Å². The Morgan fingerprint density at radius 3 is 2.37 bits per heavy atom. The summed E-state index contributed by atoms with van der Waals surface area (Å²) in [4.78, 5) is 31.1. The van der Waals surface area contributed by atoms with Gasteiger partial charge >= 0.3 is 6.03 Å². The van der Waals surface area contributed by atoms with Gasteiger partial charge in [-0.05, 0) is 65.7 Å². The molecule has 2 amide bonds. The molecular weight excluding hydrogens is 442 g/mol. The van der Waals surface area contributed by atoms with E-state index in [-0.39, 0.29) is 51.5 Å². The van der Waals surface area contributed by atoms with Crippen LogP contribution in [-0.4, -0.2) is 33.1 Å². The lowest BCUT2D eigenvalue weighted by molar-refractivity contribution is -0.162. The molecule has 0 radical (unpaired) electrons. The molecule has 1 aromatic heterocycles. The summed E-state index contributed by atoms with van der Waals surface area (Å²) >= 11 is 0. The fourth-order valence-electron chi connectivity index (χ4n) is 7.07. The molecule has 0 aliphatic heterocycles. The number of phenols is 2. The zero-order valence-electron chi connectivity index (χ0n) is 21.3. The van der Waals surface area contributed by atoms with Gasteiger partial charge in [0.05, 0.1) is 11.9 Å². The molecule has 5 atom stereocenters. The Morgan fingerprint density at radius 1 is 1.06 bits per heavy atom. The number of benzene rings is 1. The Balaban J connectivity index is 1.72. The minimum Gasteiger partial charge on any atom is -0.508 e. The minimum atomic E-state index is -0.397. The van der Waals surface area contributed by atoms with Crippen LogP contribution in [0.3, 0.4) is 0 Å². The lowest BCUT2D eigenvalue weighted by Gasteiger charge is -2.67. The van der Waals surface area contributed by atoms with Gasteiger partial charge < -0.3 is 20.8 Å². The predicted molar refractivity (Wildman–Crippen MR) is 135 cm³/mol. The van der Waals surface area contributed by atoms with Crippen LogP contribution in [0, 0.1) is 28.1 Å². The molecule has 7 nitrogen and oxygen atoms in total. The quantitative estimate of drug-likeness (QED) is 0.418. The number of carbonyl (C=O) groups is 2. The molecule has 4 rings (SSSR count). The molecule has 2 fully saturated rings. The van der Waals surface area contributed by atoms with Gasteiger partial charge in [0.1, 0.15) is 11.5 Å². The van der Waals surface area contributed by atoms with E-state index >= 15 is 0 Å². The Kier molecular flexibility index (Phi) is 6.32. The standard InChI is InChI=1S/C28H37N3O4/c1-17-22(31-25(35)30-19-8-6-11-29-16-19)15-28(5)26(2,3)9-7-10-27(28,4)23(17)24(34)18-12-20(32)14-21(33)13-18/h6,8,11-14,16-17,22-23,32-33H,7,9-10,15H2,1-5H3,(H2,30,31,35)/t17-,22-,23-,27-,28+/m1/s1. The van der Waals surface area contributed by atoms with Gasteiger partial charge in [-0.15, -0.1) is 0 Å². The van der Waals surface area contributed by atoms with E-state index in [0.29, 0.717) is 11.3 Å². The second-order valence-corrected chi connectivity index (χ2v) is 11.6. The number of pyridine rings is 1. The molecule has 2 aromatic rings. The number of anilines is 1. The summed E-state index contributed by atoms with van der Waals surface area (Å²) in [6.07, 6.45) is 6.98. The zero-order chi connectivity index (χ0) is 25.6. The average molecular weight is 480 g/mol. The van der Waals surface area contributed by atoms with Crippen molar-refractivity contribution in [2.45, 2.75) is 66.3 Å². The third-order valence-electron chi connectivity index (χ3n) is 9.43. The maximum absolute atomic E-state index is 14.1. The van der Waals surface area contributed by atoms with Gasteiger partial charge in [-0.25, -0.2) is 4.79 Å². The monoisotopic (exact) mass is 479 g/mol. The number of rotatable bonds is 4. The molecule has 2 aliphatic carbocycles. The maximum atomic E-state index is 14.1. The maximum Gasteiger partial charge on any atom is 0.319 e. The largest absolute Gasteiger partial charge is 0.508 e. The van der Waals surface area contributed by atoms with E-state index in [1.54, 1.807) is 24.5 Å². The van der Waals surface area contributed by atoms with E-state index in [1.165, 1.54) is 18.2 Å². The van der Waals surface area contributed by atoms with Crippen molar-refractivity contribution in [3.8, 4) is 11.5 Å². The number of Topliss-reactive ketones (excluding diaryl/α,β-unsaturated/α-hetero) is 1. The number of urea groups is 1. The van der Waals surface area contributed by atoms with Gasteiger partial charge in [0.15, 0.2) is 5.78 Å². The van der Waals surface area contributed by atoms with Gasteiger partial charge in [-0.2, -0.15) is 0 Å². The third-order valence-corrected chi connectivity index (χ3v) is 9.43. The molecule has 4 N–H and O–H groups in total. The van der Waals surface area contributed by atoms with Crippen LogP contribution in [0.5, 0.6) is 11.5 Å². The number of aromatic hydroxyl groups is 2. The van der Waals surface area contributed by atoms with Crippen LogP contribution >= 0.6 is 0 Å². The number of ketones is 1. The van der Waals surface area contributed by atoms with Gasteiger partial charge in [-0.1, -0.05) is 41.0 Å². The number of amides is 2. The molecule has 0 bridgehead atoms. The molecule has 0 unspecified atom stereocenters. The average Bonchev–Trinajstić information content (AvgIpc) is 2.76. The highest BCUT2D eigenvalue weighted by Gasteiger charge is 2.65. The lowest BCUT2D eigenvalue weighted by atomic mass is 9.38. The fraction of sp³-hybridized carbons (Fsp3) is 0.536. The molecule has 0 spiro atoms. The number of carbonyl (C=O) groups excluding carboxylic acids is 2. The Labute approximate surface area is 207 Å². The minimum absolute atomic E-state index is 0.0423. The topological polar surface area (TPSA) is 112 Å². The van der Waals surface area contributed by atoms with Crippen LogP contribution in [0.4, 0.5) is 10.5 Å². The van der Waals surface area contributed by atoms with Crippen LogP contribution in [0.1, 0.15) is 70.7 Å². The van der Waals surface area contributed by atoms with Crippen LogP contribution in [-0.2, 0) is 0 Å². The SMILES string of the molecule is C[C@@H]1[C@H](NC(=O)Nc2cccnc2)C[C@@]2(C)C(C)(C)CCC[C@]2(C)[C@H]1C(=O)c1cc(O)cc(O)c1. The molecule has 1 heterocycles. The number of aromatic nitrogens is 1.